The number of alkyl carbamates (subject to hydrolysis) is 3. The zero-order chi connectivity index (χ0) is 85.1. The number of carbonyl (C=O) groups excluding carboxylic acids is 4. The van der Waals surface area contributed by atoms with E-state index in [1.165, 1.54) is 0 Å². The number of ether oxygens (including phenoxy) is 12. The van der Waals surface area contributed by atoms with Gasteiger partial charge in [0.1, 0.15) is 68.5 Å². The minimum absolute atomic E-state index is 0.0384. The van der Waals surface area contributed by atoms with Gasteiger partial charge in [0, 0.05) is 29.5 Å². The van der Waals surface area contributed by atoms with Crippen LogP contribution in [0.15, 0.2) is 273 Å². The van der Waals surface area contributed by atoms with Crippen LogP contribution in [0.4, 0.5) is 19.2 Å². The normalized spacial score (nSPS) is 27.5. The van der Waals surface area contributed by atoms with E-state index in [1.54, 1.807) is 66.7 Å². The zero-order valence-electron chi connectivity index (χ0n) is 68.6. The standard InChI is InChI=1S/C94H107N5O21Si2/c1-93(2,3)122(68-47-29-13-30-48-68,69-49-31-14-32-50-69)112-59-75-79(116-87-76(97-89(103)109-55-60-33-15-6-16-34-60)73(100)51-65(113-87)54-99(84(102)63-39-21-9-22-40-63)92(106)111-57-62-37-19-8-20-38-62)70(53-94(4,5)121(107,66-43-25-11-26-44-66)67-45-27-12-28-46-67)86(114-75)119-83-80(71(95)52-72-81(83)120-91(105)96-72)117-88-77(98-90(104)110-56-61-35-17-7-18-36-61)78(101)82-74(115-88)58-108-85(118-82)64-41-23-10-24-42-64/h6-50,65,70-88,100-102,107H,51-59,95H2,1-5H3,(H,96,105)(H,97,103)(H,98,104)/t65-,70-,71+,72-,73+,74-,75-,76-,77-,78-,79+,80-,81+,82-,83+,84?,85?,86+,87-,88-/m1/s1. The molecule has 1 saturated carbocycles. The summed E-state index contributed by atoms with van der Waals surface area (Å²) in [6.07, 6.45) is -24.4. The quantitative estimate of drug-likeness (QED) is 0.0123. The summed E-state index contributed by atoms with van der Waals surface area (Å²) < 4.78 is 89.5. The number of amides is 4. The van der Waals surface area contributed by atoms with Crippen LogP contribution in [0.3, 0.4) is 0 Å². The lowest BCUT2D eigenvalue weighted by Gasteiger charge is -2.50. The Morgan fingerprint density at radius 2 is 1.02 bits per heavy atom. The van der Waals surface area contributed by atoms with E-state index in [0.717, 1.165) is 15.3 Å². The van der Waals surface area contributed by atoms with E-state index in [-0.39, 0.29) is 52.3 Å². The molecular weight excluding hydrogens is 1590 g/mol. The maximum atomic E-state index is 14.8. The highest BCUT2D eigenvalue weighted by Crippen LogP contribution is 2.50. The SMILES string of the molecule is CC(C)(C[C@H]1[C@H](O[C@@H]2[C@H]3OC(=O)N[C@@H]3C[C@H](N)[C@H]2O[C@H]2O[C@@H]3COC(c4ccccc4)O[C@H]3[C@H](O)[C@H]2NC(=O)OCc2ccccc2)O[C@H](CO[Si](c2ccccc2)(c2ccccc2)C(C)(C)C)[C@H]1O[C@H]1O[C@@H](CN(C(=O)OCc2ccccc2)C(O)c2ccccc2)C[C@H](O)[C@H]1NC(=O)OCc1ccccc1)[Si](O)(c1ccccc1)c1ccccc1. The molecule has 1 aliphatic carbocycles. The molecule has 0 aromatic heterocycles. The van der Waals surface area contributed by atoms with Gasteiger partial charge >= 0.3 is 24.4 Å². The minimum atomic E-state index is -4.15. The Morgan fingerprint density at radius 1 is 0.549 bits per heavy atom. The zero-order valence-corrected chi connectivity index (χ0v) is 70.6. The topological polar surface area (TPSA) is 335 Å². The molecule has 0 bridgehead atoms. The molecule has 6 aliphatic rings. The first-order valence-corrected chi connectivity index (χ1v) is 45.4. The number of nitrogens with one attached hydrogen (secondary N) is 3. The number of nitrogens with zero attached hydrogens (tertiary/aromatic N) is 1. The van der Waals surface area contributed by atoms with Gasteiger partial charge in [-0.1, -0.05) is 308 Å². The summed E-state index contributed by atoms with van der Waals surface area (Å²) in [4.78, 5) is 73.5. The van der Waals surface area contributed by atoms with E-state index in [0.29, 0.717) is 38.2 Å². The van der Waals surface area contributed by atoms with Crippen LogP contribution in [-0.4, -0.2) is 190 Å². The Kier molecular flexibility index (Phi) is 27.6. The number of hydrogen-bond acceptors (Lipinski definition) is 22. The van der Waals surface area contributed by atoms with Crippen molar-refractivity contribution in [2.45, 2.75) is 200 Å². The van der Waals surface area contributed by atoms with Crippen molar-refractivity contribution in [2.24, 2.45) is 11.7 Å². The first kappa shape index (κ1) is 86.9. The fourth-order valence-corrected chi connectivity index (χ4v) is 26.3. The van der Waals surface area contributed by atoms with Gasteiger partial charge in [-0.05, 0) is 60.4 Å². The largest absolute Gasteiger partial charge is 0.445 e. The molecule has 28 heteroatoms. The van der Waals surface area contributed by atoms with Crippen molar-refractivity contribution in [3.05, 3.63) is 301 Å². The second-order valence-corrected chi connectivity index (χ2v) is 41.8. The lowest BCUT2D eigenvalue weighted by atomic mass is 9.84. The van der Waals surface area contributed by atoms with E-state index in [4.69, 9.17) is 67.0 Å². The molecular formula is C94H107N5O21Si2. The summed E-state index contributed by atoms with van der Waals surface area (Å²) in [6.45, 7) is 9.11. The van der Waals surface area contributed by atoms with Crippen LogP contribution in [0.25, 0.3) is 0 Å². The Morgan fingerprint density at radius 3 is 1.55 bits per heavy atom. The van der Waals surface area contributed by atoms with Crippen molar-refractivity contribution in [2.75, 3.05) is 19.8 Å². The molecule has 6 fully saturated rings. The number of nitrogens with two attached hydrogens (primary N) is 1. The predicted molar refractivity (Wildman–Crippen MR) is 455 cm³/mol. The molecule has 5 aliphatic heterocycles. The van der Waals surface area contributed by atoms with Gasteiger partial charge in [-0.2, -0.15) is 0 Å². The van der Waals surface area contributed by atoms with Gasteiger partial charge in [0.15, 0.2) is 37.5 Å². The van der Waals surface area contributed by atoms with Crippen molar-refractivity contribution >= 4 is 61.8 Å². The number of aliphatic hydroxyl groups is 3. The van der Waals surface area contributed by atoms with Crippen molar-refractivity contribution in [1.82, 2.24) is 20.9 Å². The first-order chi connectivity index (χ1) is 59.0. The second kappa shape index (κ2) is 38.8. The van der Waals surface area contributed by atoms with E-state index < -0.39 is 180 Å². The maximum Gasteiger partial charge on any atom is 0.412 e. The molecule has 26 nitrogen and oxygen atoms in total. The van der Waals surface area contributed by atoms with Gasteiger partial charge < -0.3 is 103 Å². The van der Waals surface area contributed by atoms with Crippen LogP contribution in [-0.2, 0) is 81.1 Å². The molecule has 642 valence electrons. The highest BCUT2D eigenvalue weighted by molar-refractivity contribution is 6.99. The van der Waals surface area contributed by atoms with Crippen LogP contribution in [0, 0.1) is 5.92 Å². The average Bonchev–Trinajstić information content (AvgIpc) is 1.19. The summed E-state index contributed by atoms with van der Waals surface area (Å²) in [7, 11) is -7.76. The van der Waals surface area contributed by atoms with Gasteiger partial charge in [-0.3, -0.25) is 4.90 Å². The van der Waals surface area contributed by atoms with E-state index in [1.807, 2.05) is 196 Å². The monoisotopic (exact) mass is 1700 g/mol. The van der Waals surface area contributed by atoms with E-state index >= 15 is 0 Å². The number of benzene rings is 9. The molecule has 122 heavy (non-hydrogen) atoms. The Labute approximate surface area is 712 Å². The molecule has 0 radical (unpaired) electrons. The predicted octanol–water partition coefficient (Wildman–Crippen LogP) is 9.79. The number of hydrogen-bond donors (Lipinski definition) is 8. The number of fused-ring (bicyclic) bond motifs is 2. The molecule has 4 amide bonds. The third-order valence-corrected chi connectivity index (χ3v) is 33.6. The minimum Gasteiger partial charge on any atom is -0.445 e. The van der Waals surface area contributed by atoms with Crippen LogP contribution >= 0.6 is 0 Å². The molecule has 15 rings (SSSR count). The number of aliphatic hydroxyl groups excluding tert-OH is 3. The van der Waals surface area contributed by atoms with Crippen LogP contribution in [0.1, 0.15) is 94.2 Å². The fourth-order valence-electron chi connectivity index (χ4n) is 17.9. The molecule has 9 N–H and O–H groups in total. The van der Waals surface area contributed by atoms with Gasteiger partial charge in [0.2, 0.25) is 0 Å². The average molecular weight is 1700 g/mol. The summed E-state index contributed by atoms with van der Waals surface area (Å²) in [5.41, 5.74) is 10.5. The van der Waals surface area contributed by atoms with Crippen LogP contribution < -0.4 is 42.4 Å². The summed E-state index contributed by atoms with van der Waals surface area (Å²) >= 11 is 0. The lowest BCUT2D eigenvalue weighted by Crippen LogP contribution is -2.69. The van der Waals surface area contributed by atoms with Crippen LogP contribution in [0.5, 0.6) is 0 Å². The van der Waals surface area contributed by atoms with Crippen molar-refractivity contribution in [3.63, 3.8) is 0 Å². The Bertz CT molecular complexity index is 4780. The maximum absolute atomic E-state index is 14.8. The second-order valence-electron chi connectivity index (χ2n) is 33.6. The van der Waals surface area contributed by atoms with E-state index in [2.05, 4.69) is 61.0 Å². The third-order valence-electron chi connectivity index (χ3n) is 24.1. The fraction of sp³-hybridized carbons (Fsp3) is 0.383. The highest BCUT2D eigenvalue weighted by atomic mass is 28.4. The smallest absolute Gasteiger partial charge is 0.412 e. The Hall–Kier alpha value is -10.1. The van der Waals surface area contributed by atoms with Crippen molar-refractivity contribution in [1.29, 1.82) is 0 Å². The van der Waals surface area contributed by atoms with Crippen molar-refractivity contribution in [3.8, 4) is 0 Å². The van der Waals surface area contributed by atoms with Gasteiger partial charge in [-0.15, -0.1) is 0 Å². The summed E-state index contributed by atoms with van der Waals surface area (Å²) in [5.74, 6) is -1.14. The van der Waals surface area contributed by atoms with Gasteiger partial charge in [0.25, 0.3) is 16.6 Å². The molecule has 2 unspecified atom stereocenters. The van der Waals surface area contributed by atoms with Gasteiger partial charge in [0.05, 0.1) is 44.1 Å². The van der Waals surface area contributed by atoms with Gasteiger partial charge in [-0.25, -0.2) is 19.2 Å². The van der Waals surface area contributed by atoms with Crippen LogP contribution in [0.2, 0.25) is 10.1 Å². The number of rotatable bonds is 29. The molecule has 0 spiro atoms. The third kappa shape index (κ3) is 19.5. The number of carbonyl (C=O) groups is 4. The molecule has 9 aromatic carbocycles. The van der Waals surface area contributed by atoms with Crippen molar-refractivity contribution < 1.29 is 101 Å². The highest BCUT2D eigenvalue weighted by Gasteiger charge is 2.62. The summed E-state index contributed by atoms with van der Waals surface area (Å²) in [5, 5.41) is 48.4. The molecule has 5 saturated heterocycles. The lowest BCUT2D eigenvalue weighted by molar-refractivity contribution is -0.357. The van der Waals surface area contributed by atoms with E-state index in [9.17, 15) is 39.3 Å². The Balaban J connectivity index is 0.863. The molecule has 5 heterocycles. The first-order valence-electron chi connectivity index (χ1n) is 41.6. The molecule has 20 atom stereocenters. The summed E-state index contributed by atoms with van der Waals surface area (Å²) in [6, 6.07) is 79.0. The molecule has 9 aromatic rings.